The van der Waals surface area contributed by atoms with Crippen molar-refractivity contribution in [2.75, 3.05) is 6.61 Å². The van der Waals surface area contributed by atoms with E-state index in [1.54, 1.807) is 0 Å². The first kappa shape index (κ1) is 11.4. The molecule has 0 aliphatic heterocycles. The number of hydrogen-bond acceptors (Lipinski definition) is 2. The third kappa shape index (κ3) is 7.56. The molecular weight excluding hydrogens is 150 g/mol. The van der Waals surface area contributed by atoms with E-state index < -0.39 is 0 Å². The van der Waals surface area contributed by atoms with Gasteiger partial charge < -0.3 is 4.74 Å². The highest BCUT2D eigenvalue weighted by Crippen LogP contribution is 2.07. The molecular formula is C10H19NO. The highest BCUT2D eigenvalue weighted by Gasteiger charge is 2.00. The Balaban J connectivity index is 3.09. The molecule has 0 saturated heterocycles. The van der Waals surface area contributed by atoms with Crippen LogP contribution in [0.3, 0.4) is 0 Å². The second-order valence-electron chi connectivity index (χ2n) is 3.13. The molecule has 12 heavy (non-hydrogen) atoms. The molecule has 0 fully saturated rings. The van der Waals surface area contributed by atoms with Gasteiger partial charge in [0, 0.05) is 0 Å². The lowest BCUT2D eigenvalue weighted by atomic mass is 10.1. The summed E-state index contributed by atoms with van der Waals surface area (Å²) in [4.78, 5) is 0. The summed E-state index contributed by atoms with van der Waals surface area (Å²) in [5, 5.41) is 8.25. The Morgan fingerprint density at radius 2 is 2.08 bits per heavy atom. The van der Waals surface area contributed by atoms with Crippen LogP contribution >= 0.6 is 0 Å². The molecule has 1 atom stereocenters. The van der Waals surface area contributed by atoms with Gasteiger partial charge in [-0.2, -0.15) is 5.26 Å². The quantitative estimate of drug-likeness (QED) is 0.549. The lowest BCUT2D eigenvalue weighted by Crippen LogP contribution is -2.07. The van der Waals surface area contributed by atoms with Crippen molar-refractivity contribution in [1.82, 2.24) is 0 Å². The van der Waals surface area contributed by atoms with Gasteiger partial charge in [-0.3, -0.25) is 0 Å². The lowest BCUT2D eigenvalue weighted by Gasteiger charge is -2.09. The van der Waals surface area contributed by atoms with E-state index >= 15 is 0 Å². The van der Waals surface area contributed by atoms with Crippen molar-refractivity contribution in [2.45, 2.75) is 52.1 Å². The Hall–Kier alpha value is -0.550. The Bertz CT molecular complexity index is 128. The van der Waals surface area contributed by atoms with E-state index in [0.29, 0.717) is 0 Å². The van der Waals surface area contributed by atoms with Gasteiger partial charge in [-0.25, -0.2) is 0 Å². The molecule has 0 rings (SSSR count). The second kappa shape index (κ2) is 8.55. The van der Waals surface area contributed by atoms with Gasteiger partial charge in [0.15, 0.2) is 0 Å². The minimum atomic E-state index is 0.231. The van der Waals surface area contributed by atoms with Crippen LogP contribution in [0.4, 0.5) is 0 Å². The highest BCUT2D eigenvalue weighted by atomic mass is 16.5. The molecule has 0 aromatic heterocycles. The molecule has 0 aliphatic rings. The normalized spacial score (nSPS) is 12.4. The second-order valence-corrected chi connectivity index (χ2v) is 3.13. The van der Waals surface area contributed by atoms with Gasteiger partial charge >= 0.3 is 0 Å². The van der Waals surface area contributed by atoms with Crippen LogP contribution in [0.15, 0.2) is 0 Å². The monoisotopic (exact) mass is 169 g/mol. The first-order valence-electron chi connectivity index (χ1n) is 4.79. The molecule has 0 aromatic rings. The fourth-order valence-electron chi connectivity index (χ4n) is 1.12. The van der Waals surface area contributed by atoms with Crippen molar-refractivity contribution in [3.05, 3.63) is 0 Å². The van der Waals surface area contributed by atoms with Gasteiger partial charge in [-0.1, -0.05) is 32.6 Å². The zero-order valence-electron chi connectivity index (χ0n) is 8.18. The zero-order chi connectivity index (χ0) is 9.23. The fourth-order valence-corrected chi connectivity index (χ4v) is 1.12. The van der Waals surface area contributed by atoms with E-state index in [9.17, 15) is 0 Å². The minimum absolute atomic E-state index is 0.231. The third-order valence-corrected chi connectivity index (χ3v) is 1.90. The number of nitrogens with zero attached hydrogens (tertiary/aromatic N) is 1. The van der Waals surface area contributed by atoms with E-state index in [2.05, 4.69) is 6.92 Å². The Morgan fingerprint density at radius 1 is 1.33 bits per heavy atom. The molecule has 70 valence electrons. The fraction of sp³-hybridized carbons (Fsp3) is 0.900. The van der Waals surface area contributed by atoms with Gasteiger partial charge in [-0.05, 0) is 13.3 Å². The molecule has 2 nitrogen and oxygen atoms in total. The molecule has 0 amide bonds. The summed E-state index contributed by atoms with van der Waals surface area (Å²) < 4.78 is 5.21. The summed E-state index contributed by atoms with van der Waals surface area (Å²) in [6.07, 6.45) is 6.43. The van der Waals surface area contributed by atoms with Crippen molar-refractivity contribution in [2.24, 2.45) is 0 Å². The molecule has 1 unspecified atom stereocenters. The van der Waals surface area contributed by atoms with Crippen molar-refractivity contribution < 1.29 is 4.74 Å². The Kier molecular flexibility index (Phi) is 8.15. The maximum absolute atomic E-state index is 8.25. The molecule has 0 bridgehead atoms. The highest BCUT2D eigenvalue weighted by molar-refractivity contribution is 4.67. The summed E-state index contributed by atoms with van der Waals surface area (Å²) in [7, 11) is 0. The lowest BCUT2D eigenvalue weighted by molar-refractivity contribution is 0.0826. The zero-order valence-corrected chi connectivity index (χ0v) is 8.18. The molecule has 0 saturated carbocycles. The SMILES string of the molecule is CCCCCCC(C)OCC#N. The van der Waals surface area contributed by atoms with Crippen molar-refractivity contribution >= 4 is 0 Å². The van der Waals surface area contributed by atoms with E-state index in [-0.39, 0.29) is 12.7 Å². The van der Waals surface area contributed by atoms with Crippen LogP contribution in [0.25, 0.3) is 0 Å². The van der Waals surface area contributed by atoms with Gasteiger partial charge in [0.2, 0.25) is 0 Å². The van der Waals surface area contributed by atoms with Crippen molar-refractivity contribution in [1.29, 1.82) is 5.26 Å². The smallest absolute Gasteiger partial charge is 0.134 e. The summed E-state index contributed by atoms with van der Waals surface area (Å²) in [6, 6.07) is 1.98. The Morgan fingerprint density at radius 3 is 2.67 bits per heavy atom. The molecule has 0 spiro atoms. The van der Waals surface area contributed by atoms with Crippen molar-refractivity contribution in [3.63, 3.8) is 0 Å². The summed E-state index contributed by atoms with van der Waals surface area (Å²) in [5.74, 6) is 0. The molecule has 2 heteroatoms. The third-order valence-electron chi connectivity index (χ3n) is 1.90. The number of ether oxygens (including phenoxy) is 1. The van der Waals surface area contributed by atoms with E-state index in [1.165, 1.54) is 25.7 Å². The van der Waals surface area contributed by atoms with Gasteiger partial charge in [0.05, 0.1) is 12.2 Å². The Labute approximate surface area is 75.5 Å². The van der Waals surface area contributed by atoms with E-state index in [1.807, 2.05) is 13.0 Å². The number of rotatable bonds is 7. The van der Waals surface area contributed by atoms with Crippen LogP contribution in [0.5, 0.6) is 0 Å². The first-order valence-corrected chi connectivity index (χ1v) is 4.79. The topological polar surface area (TPSA) is 33.0 Å². The summed E-state index contributed by atoms with van der Waals surface area (Å²) >= 11 is 0. The number of hydrogen-bond donors (Lipinski definition) is 0. The summed E-state index contributed by atoms with van der Waals surface area (Å²) in [5.41, 5.74) is 0. The number of unbranched alkanes of at least 4 members (excludes halogenated alkanes) is 3. The van der Waals surface area contributed by atoms with Crippen LogP contribution in [0.2, 0.25) is 0 Å². The van der Waals surface area contributed by atoms with Crippen LogP contribution in [-0.4, -0.2) is 12.7 Å². The molecule has 0 aromatic carbocycles. The maximum atomic E-state index is 8.25. The first-order chi connectivity index (χ1) is 5.81. The predicted molar refractivity (Wildman–Crippen MR) is 49.8 cm³/mol. The number of nitriles is 1. The molecule has 0 aliphatic carbocycles. The van der Waals surface area contributed by atoms with E-state index in [4.69, 9.17) is 10.00 Å². The largest absolute Gasteiger partial charge is 0.364 e. The minimum Gasteiger partial charge on any atom is -0.364 e. The molecule has 0 radical (unpaired) electrons. The maximum Gasteiger partial charge on any atom is 0.134 e. The van der Waals surface area contributed by atoms with Crippen LogP contribution < -0.4 is 0 Å². The standard InChI is InChI=1S/C10H19NO/c1-3-4-5-6-7-10(2)12-9-8-11/h10H,3-7,9H2,1-2H3. The average Bonchev–Trinajstić information content (AvgIpc) is 2.09. The predicted octanol–water partition coefficient (Wildman–Crippen LogP) is 2.89. The summed E-state index contributed by atoms with van der Waals surface area (Å²) in [6.45, 7) is 4.47. The van der Waals surface area contributed by atoms with Crippen LogP contribution in [0.1, 0.15) is 46.0 Å². The van der Waals surface area contributed by atoms with Crippen LogP contribution in [0, 0.1) is 11.3 Å². The van der Waals surface area contributed by atoms with Crippen molar-refractivity contribution in [3.8, 4) is 6.07 Å². The van der Waals surface area contributed by atoms with Gasteiger partial charge in [0.1, 0.15) is 6.61 Å². The van der Waals surface area contributed by atoms with Crippen LogP contribution in [-0.2, 0) is 4.74 Å². The average molecular weight is 169 g/mol. The van der Waals surface area contributed by atoms with E-state index in [0.717, 1.165) is 6.42 Å². The van der Waals surface area contributed by atoms with Gasteiger partial charge in [0.25, 0.3) is 0 Å². The molecule has 0 heterocycles. The van der Waals surface area contributed by atoms with Gasteiger partial charge in [-0.15, -0.1) is 0 Å². The molecule has 0 N–H and O–H groups in total.